The number of nitrogens with one attached hydrogen (secondary N) is 2. The van der Waals surface area contributed by atoms with Crippen molar-refractivity contribution in [2.75, 3.05) is 25.0 Å². The number of hydrogen-bond donors (Lipinski definition) is 2. The Morgan fingerprint density at radius 1 is 1.42 bits per heavy atom. The van der Waals surface area contributed by atoms with Crippen molar-refractivity contribution in [1.82, 2.24) is 10.3 Å². The molecule has 0 aliphatic carbocycles. The highest BCUT2D eigenvalue weighted by Crippen LogP contribution is 2.29. The summed E-state index contributed by atoms with van der Waals surface area (Å²) in [5.74, 6) is 0. The molecule has 1 aromatic heterocycles. The van der Waals surface area contributed by atoms with Crippen LogP contribution in [0.2, 0.25) is 0 Å². The number of nitrogens with zero attached hydrogens (tertiary/aromatic N) is 2. The molecule has 1 fully saturated rings. The number of anilines is 1. The SMILES string of the molecule is Cc1cc(NCC2(C)CCNCC2)c(C#N)c(C)n1. The van der Waals surface area contributed by atoms with E-state index in [2.05, 4.69) is 28.6 Å². The van der Waals surface area contributed by atoms with Gasteiger partial charge in [-0.3, -0.25) is 4.98 Å². The average Bonchev–Trinajstić information content (AvgIpc) is 2.37. The van der Waals surface area contributed by atoms with Gasteiger partial charge in [-0.05, 0) is 51.3 Å². The minimum absolute atomic E-state index is 0.309. The third-order valence-corrected chi connectivity index (χ3v) is 3.96. The van der Waals surface area contributed by atoms with Crippen molar-refractivity contribution in [3.63, 3.8) is 0 Å². The highest BCUT2D eigenvalue weighted by Gasteiger charge is 2.26. The van der Waals surface area contributed by atoms with E-state index in [1.807, 2.05) is 19.9 Å². The lowest BCUT2D eigenvalue weighted by Gasteiger charge is -2.34. The molecule has 0 spiro atoms. The Kier molecular flexibility index (Phi) is 4.06. The van der Waals surface area contributed by atoms with Crippen LogP contribution >= 0.6 is 0 Å². The highest BCUT2D eigenvalue weighted by molar-refractivity contribution is 5.59. The van der Waals surface area contributed by atoms with Crippen molar-refractivity contribution in [1.29, 1.82) is 5.26 Å². The van der Waals surface area contributed by atoms with Gasteiger partial charge in [0.2, 0.25) is 0 Å². The zero-order chi connectivity index (χ0) is 13.9. The summed E-state index contributed by atoms with van der Waals surface area (Å²) in [7, 11) is 0. The van der Waals surface area contributed by atoms with Gasteiger partial charge in [-0.1, -0.05) is 6.92 Å². The topological polar surface area (TPSA) is 60.7 Å². The molecule has 2 rings (SSSR count). The number of aromatic nitrogens is 1. The molecule has 4 nitrogen and oxygen atoms in total. The molecule has 0 radical (unpaired) electrons. The van der Waals surface area contributed by atoms with Crippen molar-refractivity contribution in [3.8, 4) is 6.07 Å². The standard InChI is InChI=1S/C15H22N4/c1-11-8-14(13(9-16)12(2)19-11)18-10-15(3)4-6-17-7-5-15/h8,17H,4-7,10H2,1-3H3,(H,18,19). The van der Waals surface area contributed by atoms with Crippen LogP contribution in [0.15, 0.2) is 6.07 Å². The van der Waals surface area contributed by atoms with E-state index < -0.39 is 0 Å². The van der Waals surface area contributed by atoms with Gasteiger partial charge in [0.15, 0.2) is 0 Å². The Balaban J connectivity index is 2.13. The molecule has 19 heavy (non-hydrogen) atoms. The zero-order valence-corrected chi connectivity index (χ0v) is 12.0. The van der Waals surface area contributed by atoms with Crippen molar-refractivity contribution < 1.29 is 0 Å². The third kappa shape index (κ3) is 3.24. The Labute approximate surface area is 115 Å². The van der Waals surface area contributed by atoms with Gasteiger partial charge in [0, 0.05) is 12.2 Å². The second-order valence-electron chi connectivity index (χ2n) is 5.80. The zero-order valence-electron chi connectivity index (χ0n) is 12.0. The van der Waals surface area contributed by atoms with Crippen LogP contribution in [0.25, 0.3) is 0 Å². The number of nitriles is 1. The maximum atomic E-state index is 9.25. The van der Waals surface area contributed by atoms with E-state index in [4.69, 9.17) is 0 Å². The van der Waals surface area contributed by atoms with Crippen molar-refractivity contribution in [3.05, 3.63) is 23.0 Å². The third-order valence-electron chi connectivity index (χ3n) is 3.96. The van der Waals surface area contributed by atoms with Gasteiger partial charge in [0.25, 0.3) is 0 Å². The quantitative estimate of drug-likeness (QED) is 0.874. The maximum Gasteiger partial charge on any atom is 0.103 e. The van der Waals surface area contributed by atoms with Crippen LogP contribution in [0, 0.1) is 30.6 Å². The second kappa shape index (κ2) is 5.58. The first-order chi connectivity index (χ1) is 9.04. The van der Waals surface area contributed by atoms with Crippen molar-refractivity contribution in [2.24, 2.45) is 5.41 Å². The maximum absolute atomic E-state index is 9.25. The van der Waals surface area contributed by atoms with E-state index in [9.17, 15) is 5.26 Å². The van der Waals surface area contributed by atoms with Gasteiger partial charge < -0.3 is 10.6 Å². The molecule has 1 aliphatic heterocycles. The van der Waals surface area contributed by atoms with Crippen LogP contribution in [0.5, 0.6) is 0 Å². The normalized spacial score (nSPS) is 17.8. The Morgan fingerprint density at radius 2 is 2.11 bits per heavy atom. The second-order valence-corrected chi connectivity index (χ2v) is 5.80. The van der Waals surface area contributed by atoms with Crippen LogP contribution in [-0.2, 0) is 0 Å². The van der Waals surface area contributed by atoms with E-state index in [0.717, 1.165) is 36.7 Å². The number of pyridine rings is 1. The molecule has 0 saturated carbocycles. The smallest absolute Gasteiger partial charge is 0.103 e. The lowest BCUT2D eigenvalue weighted by molar-refractivity contribution is 0.247. The molecule has 1 aromatic rings. The molecule has 1 saturated heterocycles. The summed E-state index contributed by atoms with van der Waals surface area (Å²) in [6.07, 6.45) is 2.34. The predicted molar refractivity (Wildman–Crippen MR) is 77.1 cm³/mol. The van der Waals surface area contributed by atoms with Crippen molar-refractivity contribution >= 4 is 5.69 Å². The molecular formula is C15H22N4. The van der Waals surface area contributed by atoms with E-state index >= 15 is 0 Å². The lowest BCUT2D eigenvalue weighted by atomic mass is 9.81. The molecule has 0 bridgehead atoms. The first-order valence-electron chi connectivity index (χ1n) is 6.87. The molecule has 102 valence electrons. The fraction of sp³-hybridized carbons (Fsp3) is 0.600. The van der Waals surface area contributed by atoms with Crippen LogP contribution in [0.4, 0.5) is 5.69 Å². The summed E-state index contributed by atoms with van der Waals surface area (Å²) in [5.41, 5.74) is 3.66. The van der Waals surface area contributed by atoms with Crippen LogP contribution < -0.4 is 10.6 Å². The molecule has 0 amide bonds. The number of aryl methyl sites for hydroxylation is 2. The average molecular weight is 258 g/mol. The molecule has 0 atom stereocenters. The van der Waals surface area contributed by atoms with E-state index in [0.29, 0.717) is 11.0 Å². The van der Waals surface area contributed by atoms with E-state index in [-0.39, 0.29) is 0 Å². The van der Waals surface area contributed by atoms with Gasteiger partial charge in [-0.15, -0.1) is 0 Å². The predicted octanol–water partition coefficient (Wildman–Crippen LogP) is 2.37. The molecule has 0 aromatic carbocycles. The summed E-state index contributed by atoms with van der Waals surface area (Å²) in [5, 5.41) is 16.1. The summed E-state index contributed by atoms with van der Waals surface area (Å²) < 4.78 is 0. The van der Waals surface area contributed by atoms with Crippen LogP contribution in [0.1, 0.15) is 36.7 Å². The first kappa shape index (κ1) is 13.8. The van der Waals surface area contributed by atoms with Crippen molar-refractivity contribution in [2.45, 2.75) is 33.6 Å². The molecular weight excluding hydrogens is 236 g/mol. The summed E-state index contributed by atoms with van der Waals surface area (Å²) in [6, 6.07) is 4.22. The fourth-order valence-electron chi connectivity index (χ4n) is 2.62. The lowest BCUT2D eigenvalue weighted by Crippen LogP contribution is -2.39. The fourth-order valence-corrected chi connectivity index (χ4v) is 2.62. The van der Waals surface area contributed by atoms with Gasteiger partial charge in [0.1, 0.15) is 6.07 Å². The summed E-state index contributed by atoms with van der Waals surface area (Å²) in [6.45, 7) is 9.24. The van der Waals surface area contributed by atoms with Gasteiger partial charge in [0.05, 0.1) is 16.9 Å². The minimum Gasteiger partial charge on any atom is -0.383 e. The van der Waals surface area contributed by atoms with Gasteiger partial charge in [-0.25, -0.2) is 0 Å². The highest BCUT2D eigenvalue weighted by atomic mass is 14.9. The number of hydrogen-bond acceptors (Lipinski definition) is 4. The van der Waals surface area contributed by atoms with E-state index in [1.165, 1.54) is 12.8 Å². The monoisotopic (exact) mass is 258 g/mol. The Bertz CT molecular complexity index is 496. The van der Waals surface area contributed by atoms with Crippen LogP contribution in [0.3, 0.4) is 0 Å². The minimum atomic E-state index is 0.309. The summed E-state index contributed by atoms with van der Waals surface area (Å²) >= 11 is 0. The number of rotatable bonds is 3. The molecule has 2 N–H and O–H groups in total. The Morgan fingerprint density at radius 3 is 2.74 bits per heavy atom. The summed E-state index contributed by atoms with van der Waals surface area (Å²) in [4.78, 5) is 4.34. The largest absolute Gasteiger partial charge is 0.383 e. The van der Waals surface area contributed by atoms with Gasteiger partial charge in [-0.2, -0.15) is 5.26 Å². The molecule has 0 unspecified atom stereocenters. The van der Waals surface area contributed by atoms with Crippen LogP contribution in [-0.4, -0.2) is 24.6 Å². The first-order valence-corrected chi connectivity index (χ1v) is 6.87. The Hall–Kier alpha value is -1.60. The van der Waals surface area contributed by atoms with Gasteiger partial charge >= 0.3 is 0 Å². The molecule has 1 aliphatic rings. The van der Waals surface area contributed by atoms with E-state index in [1.54, 1.807) is 0 Å². The molecule has 4 heteroatoms. The molecule has 2 heterocycles. The number of piperidine rings is 1.